The van der Waals surface area contributed by atoms with Gasteiger partial charge in [-0.2, -0.15) is 0 Å². The Kier molecular flexibility index (Phi) is 8.65. The van der Waals surface area contributed by atoms with Crippen LogP contribution in [0.4, 0.5) is 0 Å². The number of rotatable bonds is 7. The van der Waals surface area contributed by atoms with Crippen molar-refractivity contribution in [2.24, 2.45) is 0 Å². The first-order valence-electron chi connectivity index (χ1n) is 20.8. The molecule has 0 amide bonds. The molecule has 0 atom stereocenters. The lowest BCUT2D eigenvalue weighted by Crippen LogP contribution is -2.00. The molecule has 5 heteroatoms. The van der Waals surface area contributed by atoms with Gasteiger partial charge in [0.1, 0.15) is 11.2 Å². The summed E-state index contributed by atoms with van der Waals surface area (Å²) in [6, 6.07) is 74.6. The fraction of sp³-hybridized carbons (Fsp3) is 0. The van der Waals surface area contributed by atoms with Crippen molar-refractivity contribution in [1.82, 2.24) is 15.0 Å². The molecule has 9 aromatic carbocycles. The molecule has 0 bridgehead atoms. The summed E-state index contributed by atoms with van der Waals surface area (Å²) in [5.74, 6) is 1.87. The van der Waals surface area contributed by atoms with Gasteiger partial charge in [0.05, 0.1) is 0 Å². The molecule has 0 saturated carbocycles. The fourth-order valence-corrected chi connectivity index (χ4v) is 9.89. The average molecular weight is 810 g/mol. The van der Waals surface area contributed by atoms with E-state index in [9.17, 15) is 0 Å². The molecular weight excluding hydrogens is 775 g/mol. The third kappa shape index (κ3) is 6.26. The van der Waals surface area contributed by atoms with Gasteiger partial charge in [-0.25, -0.2) is 15.0 Å². The Bertz CT molecular complexity index is 3630. The molecule has 0 aliphatic heterocycles. The topological polar surface area (TPSA) is 51.8 Å². The van der Waals surface area contributed by atoms with Gasteiger partial charge in [-0.3, -0.25) is 0 Å². The van der Waals surface area contributed by atoms with Crippen LogP contribution in [-0.4, -0.2) is 15.0 Å². The number of hydrogen-bond acceptors (Lipinski definition) is 5. The summed E-state index contributed by atoms with van der Waals surface area (Å²) in [5, 5.41) is 4.53. The molecule has 4 nitrogen and oxygen atoms in total. The fourth-order valence-electron chi connectivity index (χ4n) is 8.78. The average Bonchev–Trinajstić information content (AvgIpc) is 3.93. The predicted molar refractivity (Wildman–Crippen MR) is 258 cm³/mol. The number of benzene rings is 9. The molecule has 0 aliphatic rings. The van der Waals surface area contributed by atoms with Crippen molar-refractivity contribution < 1.29 is 4.42 Å². The van der Waals surface area contributed by atoms with Gasteiger partial charge in [0.15, 0.2) is 17.5 Å². The van der Waals surface area contributed by atoms with Crippen molar-refractivity contribution >= 4 is 53.4 Å². The van der Waals surface area contributed by atoms with Crippen LogP contribution in [0.1, 0.15) is 0 Å². The number of nitrogens with zero attached hydrogens (tertiary/aromatic N) is 3. The lowest BCUT2D eigenvalue weighted by atomic mass is 9.93. The quantitative estimate of drug-likeness (QED) is 0.161. The van der Waals surface area contributed by atoms with Gasteiger partial charge in [0.25, 0.3) is 0 Å². The summed E-state index contributed by atoms with van der Waals surface area (Å²) < 4.78 is 8.85. The molecule has 62 heavy (non-hydrogen) atoms. The Morgan fingerprint density at radius 1 is 0.306 bits per heavy atom. The highest BCUT2D eigenvalue weighted by Crippen LogP contribution is 2.43. The van der Waals surface area contributed by atoms with Crippen LogP contribution in [0.15, 0.2) is 217 Å². The molecular formula is C57H35N3OS. The Labute approximate surface area is 362 Å². The minimum Gasteiger partial charge on any atom is -0.455 e. The van der Waals surface area contributed by atoms with Crippen LogP contribution in [0, 0.1) is 0 Å². The van der Waals surface area contributed by atoms with Crippen molar-refractivity contribution in [2.45, 2.75) is 0 Å². The standard InChI is InChI=1S/C57H35N3OS/c1-3-14-37(15-4-1)43-20-7-8-21-44(43)38-30-28-36(29-31-38)40-32-33-51-49(35-40)53-48(25-13-27-52(53)62-51)57-59-55(39-16-5-2-6-17-39)58-56(60-57)42-19-11-18-41(34-42)45-23-12-24-47-46-22-9-10-26-50(46)61-54(45)47/h1-35H. The van der Waals surface area contributed by atoms with Crippen LogP contribution < -0.4 is 0 Å². The predicted octanol–water partition coefficient (Wildman–Crippen LogP) is 15.8. The molecule has 0 saturated heterocycles. The Morgan fingerprint density at radius 3 is 1.66 bits per heavy atom. The normalized spacial score (nSPS) is 11.5. The monoisotopic (exact) mass is 809 g/mol. The molecule has 0 radical (unpaired) electrons. The van der Waals surface area contributed by atoms with Gasteiger partial charge in [-0.1, -0.05) is 182 Å². The highest BCUT2D eigenvalue weighted by atomic mass is 32.1. The van der Waals surface area contributed by atoms with Crippen LogP contribution >= 0.6 is 11.3 Å². The molecule has 0 unspecified atom stereocenters. The van der Waals surface area contributed by atoms with Crippen LogP contribution in [0.5, 0.6) is 0 Å². The Balaban J connectivity index is 0.969. The first kappa shape index (κ1) is 35.9. The number of fused-ring (bicyclic) bond motifs is 6. The van der Waals surface area contributed by atoms with E-state index in [0.717, 1.165) is 66.3 Å². The second-order valence-electron chi connectivity index (χ2n) is 15.5. The van der Waals surface area contributed by atoms with E-state index in [1.54, 1.807) is 11.3 Å². The summed E-state index contributed by atoms with van der Waals surface area (Å²) in [6.45, 7) is 0. The molecule has 12 aromatic rings. The zero-order valence-electron chi connectivity index (χ0n) is 33.4. The summed E-state index contributed by atoms with van der Waals surface area (Å²) in [7, 11) is 0. The lowest BCUT2D eigenvalue weighted by Gasteiger charge is -2.11. The first-order valence-corrected chi connectivity index (χ1v) is 21.6. The van der Waals surface area contributed by atoms with Crippen molar-refractivity contribution in [2.75, 3.05) is 0 Å². The van der Waals surface area contributed by atoms with E-state index in [0.29, 0.717) is 17.5 Å². The van der Waals surface area contributed by atoms with E-state index < -0.39 is 0 Å². The number of furan rings is 1. The second kappa shape index (κ2) is 14.9. The van der Waals surface area contributed by atoms with E-state index in [1.165, 1.54) is 37.0 Å². The Hall–Kier alpha value is -7.99. The maximum atomic E-state index is 6.45. The molecule has 0 N–H and O–H groups in total. The van der Waals surface area contributed by atoms with E-state index in [-0.39, 0.29) is 0 Å². The summed E-state index contributed by atoms with van der Waals surface area (Å²) >= 11 is 1.80. The summed E-state index contributed by atoms with van der Waals surface area (Å²) in [5.41, 5.74) is 13.8. The maximum Gasteiger partial charge on any atom is 0.164 e. The van der Waals surface area contributed by atoms with E-state index in [2.05, 4.69) is 182 Å². The van der Waals surface area contributed by atoms with Crippen molar-refractivity contribution in [3.63, 3.8) is 0 Å². The van der Waals surface area contributed by atoms with Crippen LogP contribution in [0.25, 0.3) is 121 Å². The molecule has 0 aliphatic carbocycles. The smallest absolute Gasteiger partial charge is 0.164 e. The van der Waals surface area contributed by atoms with Crippen molar-refractivity contribution in [3.8, 4) is 78.7 Å². The third-order valence-electron chi connectivity index (χ3n) is 11.8. The van der Waals surface area contributed by atoms with E-state index >= 15 is 0 Å². The highest BCUT2D eigenvalue weighted by molar-refractivity contribution is 7.26. The van der Waals surface area contributed by atoms with Gasteiger partial charge < -0.3 is 4.42 Å². The number of para-hydroxylation sites is 2. The van der Waals surface area contributed by atoms with E-state index in [1.807, 2.05) is 30.3 Å². The number of aromatic nitrogens is 3. The summed E-state index contributed by atoms with van der Waals surface area (Å²) in [6.07, 6.45) is 0. The zero-order chi connectivity index (χ0) is 41.0. The van der Waals surface area contributed by atoms with Crippen molar-refractivity contribution in [1.29, 1.82) is 0 Å². The molecule has 0 fully saturated rings. The SMILES string of the molecule is c1ccc(-c2nc(-c3cccc(-c4cccc5c4oc4ccccc45)c3)nc(-c3cccc4sc5ccc(-c6ccc(-c7ccccc7-c7ccccc7)cc6)cc5c34)n2)cc1. The molecule has 3 heterocycles. The van der Waals surface area contributed by atoms with Crippen LogP contribution in [-0.2, 0) is 0 Å². The highest BCUT2D eigenvalue weighted by Gasteiger charge is 2.19. The second-order valence-corrected chi connectivity index (χ2v) is 16.6. The number of thiophene rings is 1. The van der Waals surface area contributed by atoms with Gasteiger partial charge in [0.2, 0.25) is 0 Å². The van der Waals surface area contributed by atoms with Gasteiger partial charge in [0, 0.05) is 53.2 Å². The molecule has 12 rings (SSSR count). The maximum absolute atomic E-state index is 6.45. The molecule has 3 aromatic heterocycles. The van der Waals surface area contributed by atoms with E-state index in [4.69, 9.17) is 19.4 Å². The largest absolute Gasteiger partial charge is 0.455 e. The molecule has 0 spiro atoms. The van der Waals surface area contributed by atoms with Gasteiger partial charge in [-0.05, 0) is 69.3 Å². The first-order chi connectivity index (χ1) is 30.7. The minimum absolute atomic E-state index is 0.610. The van der Waals surface area contributed by atoms with Crippen LogP contribution in [0.3, 0.4) is 0 Å². The van der Waals surface area contributed by atoms with Crippen LogP contribution in [0.2, 0.25) is 0 Å². The minimum atomic E-state index is 0.610. The third-order valence-corrected chi connectivity index (χ3v) is 12.9. The summed E-state index contributed by atoms with van der Waals surface area (Å²) in [4.78, 5) is 15.6. The van der Waals surface area contributed by atoms with Crippen molar-refractivity contribution in [3.05, 3.63) is 212 Å². The molecule has 290 valence electrons. The number of hydrogen-bond donors (Lipinski definition) is 0. The Morgan fingerprint density at radius 2 is 0.855 bits per heavy atom. The lowest BCUT2D eigenvalue weighted by molar-refractivity contribution is 0.670. The van der Waals surface area contributed by atoms with Gasteiger partial charge >= 0.3 is 0 Å². The zero-order valence-corrected chi connectivity index (χ0v) is 34.2. The van der Waals surface area contributed by atoms with Gasteiger partial charge in [-0.15, -0.1) is 11.3 Å².